The van der Waals surface area contributed by atoms with Gasteiger partial charge in [0.25, 0.3) is 5.91 Å². The van der Waals surface area contributed by atoms with Crippen LogP contribution in [0.25, 0.3) is 0 Å². The van der Waals surface area contributed by atoms with Crippen LogP contribution in [0.1, 0.15) is 95.6 Å². The number of primary amides is 1. The van der Waals surface area contributed by atoms with Crippen molar-refractivity contribution in [1.82, 2.24) is 20.9 Å². The lowest BCUT2D eigenvalue weighted by atomic mass is 9.81. The van der Waals surface area contributed by atoms with Crippen LogP contribution in [0.5, 0.6) is 0 Å². The quantitative estimate of drug-likeness (QED) is 0.221. The minimum Gasteiger partial charge on any atom is -0.363 e. The molecule has 4 fully saturated rings. The van der Waals surface area contributed by atoms with Crippen molar-refractivity contribution in [3.8, 4) is 0 Å². The fraction of sp³-hybridized carbons (Fsp3) is 0.684. The number of nitrogens with two attached hydrogens (primary N) is 1. The molecule has 5 atom stereocenters. The molecule has 3 saturated carbocycles. The normalized spacial score (nSPS) is 24.5. The van der Waals surface area contributed by atoms with E-state index in [1.807, 2.05) is 38.1 Å². The number of nitrogens with one attached hydrogen (secondary N) is 3. The number of hydrogen-bond donors (Lipinski definition) is 4. The minimum absolute atomic E-state index is 0.00369. The van der Waals surface area contributed by atoms with Gasteiger partial charge in [0, 0.05) is 12.5 Å². The average molecular weight is 676 g/mol. The lowest BCUT2D eigenvalue weighted by Gasteiger charge is -2.35. The van der Waals surface area contributed by atoms with Crippen LogP contribution in [-0.4, -0.2) is 70.9 Å². The molecular weight excluding hydrogens is 622 g/mol. The summed E-state index contributed by atoms with van der Waals surface area (Å²) >= 11 is 0. The highest BCUT2D eigenvalue weighted by Gasteiger charge is 2.48. The highest BCUT2D eigenvalue weighted by molar-refractivity contribution is 6.37. The van der Waals surface area contributed by atoms with Crippen molar-refractivity contribution in [2.75, 3.05) is 6.54 Å². The number of carbonyl (C=O) groups is 6. The standard InChI is InChI=1S/C38H53N5O6/c1-21(2)28-16-17-43(32(28)36(47)40-29(18-22-12-13-22)34(45)35(39)46)37(48)31(27-19-25-10-6-7-11-26(25)20-27)42-38(49)41-30(33(44)24-14-15-24)23-8-4-3-5-9-23/h6-7,10-11,21-24,27-32H,3-5,8-9,12-20H2,1-2H3,(H2,39,46)(H,40,47)(H2,41,42,49)/t28?,29?,30-,31-,32-/m0/s1. The second-order valence-corrected chi connectivity index (χ2v) is 15.7. The van der Waals surface area contributed by atoms with Crippen molar-refractivity contribution in [2.24, 2.45) is 41.2 Å². The summed E-state index contributed by atoms with van der Waals surface area (Å²) in [5, 5.41) is 8.87. The molecule has 0 bridgehead atoms. The SMILES string of the molecule is CC(C)C1CCN(C(=O)[C@@H](NC(=O)N[C@H](C(=O)C2CC2)C2CCCCC2)C2Cc3ccccc3C2)[C@@H]1C(=O)NC(CC1CC1)C(=O)C(N)=O. The van der Waals surface area contributed by atoms with Gasteiger partial charge in [-0.3, -0.25) is 24.0 Å². The van der Waals surface area contributed by atoms with Crippen LogP contribution in [0.15, 0.2) is 24.3 Å². The molecule has 11 heteroatoms. The van der Waals surface area contributed by atoms with E-state index in [-0.39, 0.29) is 47.2 Å². The van der Waals surface area contributed by atoms with E-state index in [9.17, 15) is 28.8 Å². The molecule has 49 heavy (non-hydrogen) atoms. The number of benzene rings is 1. The van der Waals surface area contributed by atoms with Gasteiger partial charge in [-0.25, -0.2) is 4.79 Å². The molecule has 0 aromatic heterocycles. The van der Waals surface area contributed by atoms with Crippen molar-refractivity contribution in [3.63, 3.8) is 0 Å². The third-order valence-corrected chi connectivity index (χ3v) is 11.8. The Kier molecular flexibility index (Phi) is 10.7. The molecule has 5 aliphatic rings. The van der Waals surface area contributed by atoms with Crippen molar-refractivity contribution in [3.05, 3.63) is 35.4 Å². The molecule has 11 nitrogen and oxygen atoms in total. The molecular formula is C38H53N5O6. The van der Waals surface area contributed by atoms with Crippen LogP contribution in [0.4, 0.5) is 4.79 Å². The second kappa shape index (κ2) is 15.0. The number of carbonyl (C=O) groups excluding carboxylic acids is 6. The molecule has 4 aliphatic carbocycles. The Labute approximate surface area is 289 Å². The van der Waals surface area contributed by atoms with Crippen LogP contribution < -0.4 is 21.7 Å². The van der Waals surface area contributed by atoms with Crippen LogP contribution in [-0.2, 0) is 36.8 Å². The topological polar surface area (TPSA) is 168 Å². The fourth-order valence-electron chi connectivity index (χ4n) is 8.67. The number of Topliss-reactive ketones (excluding diaryl/α,β-unsaturated/α-hetero) is 2. The number of rotatable bonds is 14. The Bertz CT molecular complexity index is 1420. The molecule has 0 spiro atoms. The minimum atomic E-state index is -1.09. The molecule has 1 aromatic rings. The number of nitrogens with zero attached hydrogens (tertiary/aromatic N) is 1. The Balaban J connectivity index is 1.24. The zero-order chi connectivity index (χ0) is 34.8. The molecule has 5 amide bonds. The Morgan fingerprint density at radius 3 is 2.00 bits per heavy atom. The maximum Gasteiger partial charge on any atom is 0.316 e. The number of amides is 5. The van der Waals surface area contributed by atoms with Crippen molar-refractivity contribution >= 4 is 35.3 Å². The summed E-state index contributed by atoms with van der Waals surface area (Å²) in [6.45, 7) is 4.34. The van der Waals surface area contributed by atoms with Crippen LogP contribution in [0.3, 0.4) is 0 Å². The molecule has 1 aromatic carbocycles. The summed E-state index contributed by atoms with van der Waals surface area (Å²) in [4.78, 5) is 82.3. The van der Waals surface area contributed by atoms with E-state index < -0.39 is 47.8 Å². The van der Waals surface area contributed by atoms with Crippen molar-refractivity contribution in [1.29, 1.82) is 0 Å². The molecule has 1 saturated heterocycles. The van der Waals surface area contributed by atoms with Gasteiger partial charge in [-0.1, -0.05) is 70.2 Å². The molecule has 6 rings (SSSR count). The number of ketones is 2. The summed E-state index contributed by atoms with van der Waals surface area (Å²) in [6.07, 6.45) is 10.7. The maximum atomic E-state index is 14.8. The van der Waals surface area contributed by atoms with Gasteiger partial charge in [-0.05, 0) is 92.1 Å². The number of likely N-dealkylation sites (tertiary alicyclic amines) is 1. The lowest BCUT2D eigenvalue weighted by molar-refractivity contribution is -0.143. The first-order chi connectivity index (χ1) is 23.5. The molecule has 266 valence electrons. The summed E-state index contributed by atoms with van der Waals surface area (Å²) in [7, 11) is 0. The maximum absolute atomic E-state index is 14.8. The van der Waals surface area contributed by atoms with Gasteiger partial charge < -0.3 is 26.6 Å². The molecule has 5 N–H and O–H groups in total. The summed E-state index contributed by atoms with van der Waals surface area (Å²) < 4.78 is 0. The average Bonchev–Trinajstić information content (AvgIpc) is 4.02. The highest BCUT2D eigenvalue weighted by atomic mass is 16.2. The van der Waals surface area contributed by atoms with Crippen molar-refractivity contribution in [2.45, 2.75) is 121 Å². The Morgan fingerprint density at radius 2 is 1.43 bits per heavy atom. The van der Waals surface area contributed by atoms with Gasteiger partial charge in [0.2, 0.25) is 17.6 Å². The van der Waals surface area contributed by atoms with E-state index in [2.05, 4.69) is 16.0 Å². The van der Waals surface area contributed by atoms with Gasteiger partial charge >= 0.3 is 6.03 Å². The summed E-state index contributed by atoms with van der Waals surface area (Å²) in [6, 6.07) is 4.06. The van der Waals surface area contributed by atoms with Gasteiger partial charge in [0.05, 0.1) is 12.1 Å². The molecule has 0 radical (unpaired) electrons. The van der Waals surface area contributed by atoms with E-state index in [1.165, 1.54) is 0 Å². The van der Waals surface area contributed by atoms with E-state index >= 15 is 0 Å². The summed E-state index contributed by atoms with van der Waals surface area (Å²) in [5.74, 6) is -2.69. The fourth-order valence-corrected chi connectivity index (χ4v) is 8.67. The van der Waals surface area contributed by atoms with Gasteiger partial charge in [-0.2, -0.15) is 0 Å². The van der Waals surface area contributed by atoms with Gasteiger partial charge in [-0.15, -0.1) is 0 Å². The van der Waals surface area contributed by atoms with E-state index in [0.29, 0.717) is 32.2 Å². The first-order valence-electron chi connectivity index (χ1n) is 18.6. The Morgan fingerprint density at radius 1 is 0.796 bits per heavy atom. The van der Waals surface area contributed by atoms with Crippen LogP contribution >= 0.6 is 0 Å². The van der Waals surface area contributed by atoms with Gasteiger partial charge in [0.15, 0.2) is 5.78 Å². The number of hydrogen-bond acceptors (Lipinski definition) is 6. The van der Waals surface area contributed by atoms with Crippen LogP contribution in [0.2, 0.25) is 0 Å². The van der Waals surface area contributed by atoms with E-state index in [1.54, 1.807) is 4.90 Å². The lowest BCUT2D eigenvalue weighted by Crippen LogP contribution is -2.61. The first kappa shape index (κ1) is 35.1. The van der Waals surface area contributed by atoms with E-state index in [0.717, 1.165) is 68.9 Å². The zero-order valence-electron chi connectivity index (χ0n) is 29.0. The molecule has 1 aliphatic heterocycles. The van der Waals surface area contributed by atoms with Gasteiger partial charge in [0.1, 0.15) is 12.1 Å². The highest BCUT2D eigenvalue weighted by Crippen LogP contribution is 2.38. The Hall–Kier alpha value is -3.76. The predicted molar refractivity (Wildman–Crippen MR) is 183 cm³/mol. The largest absolute Gasteiger partial charge is 0.363 e. The number of fused-ring (bicyclic) bond motifs is 1. The smallest absolute Gasteiger partial charge is 0.316 e. The molecule has 1 heterocycles. The zero-order valence-corrected chi connectivity index (χ0v) is 29.0. The monoisotopic (exact) mass is 675 g/mol. The van der Waals surface area contributed by atoms with Crippen molar-refractivity contribution < 1.29 is 28.8 Å². The van der Waals surface area contributed by atoms with Crippen LogP contribution in [0, 0.1) is 35.5 Å². The number of urea groups is 1. The van der Waals surface area contributed by atoms with E-state index in [4.69, 9.17) is 5.73 Å². The predicted octanol–water partition coefficient (Wildman–Crippen LogP) is 3.21. The first-order valence-corrected chi connectivity index (χ1v) is 18.6. The third-order valence-electron chi connectivity index (χ3n) is 11.8. The second-order valence-electron chi connectivity index (χ2n) is 15.7. The third kappa shape index (κ3) is 8.18. The summed E-state index contributed by atoms with van der Waals surface area (Å²) in [5.41, 5.74) is 7.60. The molecule has 2 unspecified atom stereocenters.